The van der Waals surface area contributed by atoms with E-state index in [1.807, 2.05) is 36.4 Å². The van der Waals surface area contributed by atoms with E-state index in [2.05, 4.69) is 26.2 Å². The van der Waals surface area contributed by atoms with Crippen molar-refractivity contribution in [1.29, 1.82) is 0 Å². The number of anilines is 2. The van der Waals surface area contributed by atoms with Crippen LogP contribution in [0.1, 0.15) is 10.4 Å². The average molecular weight is 342 g/mol. The predicted octanol–water partition coefficient (Wildman–Crippen LogP) is 3.83. The molecule has 0 radical (unpaired) electrons. The number of carbonyl (C=O) groups is 1. The third-order valence-corrected chi connectivity index (χ3v) is 3.60. The zero-order valence-corrected chi connectivity index (χ0v) is 12.6. The van der Waals surface area contributed by atoms with Crippen molar-refractivity contribution in [3.05, 3.63) is 64.8 Å². The zero-order chi connectivity index (χ0) is 14.8. The molecule has 2 aromatic carbocycles. The number of carbonyl (C=O) groups excluding carboxylic acids is 1. The summed E-state index contributed by atoms with van der Waals surface area (Å²) in [5.74, 6) is 0.117. The lowest BCUT2D eigenvalue weighted by Gasteiger charge is -2.07. The number of hydrogen-bond acceptors (Lipinski definition) is 3. The molecular weight excluding hydrogens is 330 g/mol. The largest absolute Gasteiger partial charge is 0.384 e. The highest BCUT2D eigenvalue weighted by molar-refractivity contribution is 9.10. The van der Waals surface area contributed by atoms with E-state index in [4.69, 9.17) is 5.73 Å². The Labute approximate surface area is 130 Å². The molecule has 5 heteroatoms. The van der Waals surface area contributed by atoms with Gasteiger partial charge in [-0.25, -0.2) is 4.98 Å². The van der Waals surface area contributed by atoms with E-state index in [9.17, 15) is 4.79 Å². The van der Waals surface area contributed by atoms with Crippen LogP contribution in [0.25, 0.3) is 10.8 Å². The summed E-state index contributed by atoms with van der Waals surface area (Å²) in [7, 11) is 0. The number of pyridine rings is 1. The number of hydrogen-bond donors (Lipinski definition) is 2. The van der Waals surface area contributed by atoms with Crippen molar-refractivity contribution in [1.82, 2.24) is 4.98 Å². The highest BCUT2D eigenvalue weighted by Crippen LogP contribution is 2.23. The number of halogens is 1. The second-order valence-electron chi connectivity index (χ2n) is 4.63. The summed E-state index contributed by atoms with van der Waals surface area (Å²) in [6.45, 7) is 0. The minimum absolute atomic E-state index is 0.208. The SMILES string of the molecule is Nc1cc(C(=O)Nc2ccc3cc(Br)ccc3c2)ccn1. The van der Waals surface area contributed by atoms with Crippen molar-refractivity contribution < 1.29 is 4.79 Å². The van der Waals surface area contributed by atoms with Crippen LogP contribution in [-0.4, -0.2) is 10.9 Å². The van der Waals surface area contributed by atoms with Crippen LogP contribution >= 0.6 is 15.9 Å². The first-order valence-corrected chi connectivity index (χ1v) is 7.13. The molecule has 1 amide bonds. The molecule has 0 aliphatic heterocycles. The molecule has 0 atom stereocenters. The van der Waals surface area contributed by atoms with Gasteiger partial charge in [0.2, 0.25) is 0 Å². The summed E-state index contributed by atoms with van der Waals surface area (Å²) in [6.07, 6.45) is 1.52. The van der Waals surface area contributed by atoms with Gasteiger partial charge >= 0.3 is 0 Å². The molecule has 3 aromatic rings. The third-order valence-electron chi connectivity index (χ3n) is 3.10. The maximum Gasteiger partial charge on any atom is 0.255 e. The highest BCUT2D eigenvalue weighted by atomic mass is 79.9. The van der Waals surface area contributed by atoms with Crippen LogP contribution < -0.4 is 11.1 Å². The van der Waals surface area contributed by atoms with Crippen LogP contribution in [0.2, 0.25) is 0 Å². The first-order valence-electron chi connectivity index (χ1n) is 6.34. The molecule has 0 saturated carbocycles. The van der Waals surface area contributed by atoms with Gasteiger partial charge in [0.05, 0.1) is 0 Å². The van der Waals surface area contributed by atoms with Crippen molar-refractivity contribution in [2.45, 2.75) is 0 Å². The van der Waals surface area contributed by atoms with Crippen molar-refractivity contribution in [3.8, 4) is 0 Å². The molecule has 0 spiro atoms. The Morgan fingerprint density at radius 2 is 1.81 bits per heavy atom. The third kappa shape index (κ3) is 3.03. The Morgan fingerprint density at radius 3 is 2.62 bits per heavy atom. The molecule has 1 aromatic heterocycles. The molecule has 0 aliphatic rings. The zero-order valence-electron chi connectivity index (χ0n) is 11.0. The van der Waals surface area contributed by atoms with Crippen molar-refractivity contribution in [2.75, 3.05) is 11.1 Å². The summed E-state index contributed by atoms with van der Waals surface area (Å²) in [4.78, 5) is 16.0. The molecule has 0 bridgehead atoms. The van der Waals surface area contributed by atoms with Gasteiger partial charge in [-0.05, 0) is 47.2 Å². The molecule has 104 valence electrons. The maximum atomic E-state index is 12.2. The fourth-order valence-corrected chi connectivity index (χ4v) is 2.47. The van der Waals surface area contributed by atoms with E-state index in [0.717, 1.165) is 20.9 Å². The minimum Gasteiger partial charge on any atom is -0.384 e. The summed E-state index contributed by atoms with van der Waals surface area (Å²) >= 11 is 3.44. The van der Waals surface area contributed by atoms with E-state index >= 15 is 0 Å². The van der Waals surface area contributed by atoms with E-state index in [1.54, 1.807) is 12.1 Å². The topological polar surface area (TPSA) is 68.0 Å². The molecule has 3 N–H and O–H groups in total. The van der Waals surface area contributed by atoms with Crippen LogP contribution in [0.4, 0.5) is 11.5 Å². The van der Waals surface area contributed by atoms with Gasteiger partial charge < -0.3 is 11.1 Å². The second kappa shape index (κ2) is 5.54. The lowest BCUT2D eigenvalue weighted by Crippen LogP contribution is -2.12. The van der Waals surface area contributed by atoms with E-state index in [0.29, 0.717) is 11.4 Å². The Kier molecular flexibility index (Phi) is 3.58. The molecule has 0 aliphatic carbocycles. The first-order chi connectivity index (χ1) is 10.1. The Hall–Kier alpha value is -2.40. The fraction of sp³-hybridized carbons (Fsp3) is 0. The summed E-state index contributed by atoms with van der Waals surface area (Å²) in [6, 6.07) is 15.0. The van der Waals surface area contributed by atoms with Crippen LogP contribution in [-0.2, 0) is 0 Å². The molecule has 4 nitrogen and oxygen atoms in total. The van der Waals surface area contributed by atoms with Gasteiger partial charge in [-0.15, -0.1) is 0 Å². The normalized spacial score (nSPS) is 10.5. The maximum absolute atomic E-state index is 12.2. The smallest absolute Gasteiger partial charge is 0.255 e. The first kappa shape index (κ1) is 13.6. The lowest BCUT2D eigenvalue weighted by atomic mass is 10.1. The van der Waals surface area contributed by atoms with Crippen molar-refractivity contribution in [3.63, 3.8) is 0 Å². The van der Waals surface area contributed by atoms with Gasteiger partial charge in [-0.1, -0.05) is 28.1 Å². The number of aromatic nitrogens is 1. The molecule has 0 fully saturated rings. The molecular formula is C16H12BrN3O. The molecule has 0 saturated heterocycles. The van der Waals surface area contributed by atoms with Crippen molar-refractivity contribution >= 4 is 44.1 Å². The van der Waals surface area contributed by atoms with E-state index < -0.39 is 0 Å². The average Bonchev–Trinajstić information content (AvgIpc) is 2.47. The number of rotatable bonds is 2. The van der Waals surface area contributed by atoms with E-state index in [-0.39, 0.29) is 5.91 Å². The Bertz CT molecular complexity index is 833. The summed E-state index contributed by atoms with van der Waals surface area (Å²) in [5, 5.41) is 5.03. The van der Waals surface area contributed by atoms with Crippen LogP contribution in [0.5, 0.6) is 0 Å². The van der Waals surface area contributed by atoms with Gasteiger partial charge in [-0.2, -0.15) is 0 Å². The second-order valence-corrected chi connectivity index (χ2v) is 5.55. The molecule has 21 heavy (non-hydrogen) atoms. The number of nitrogens with two attached hydrogens (primary N) is 1. The van der Waals surface area contributed by atoms with Crippen LogP contribution in [0.15, 0.2) is 59.2 Å². The quantitative estimate of drug-likeness (QED) is 0.744. The summed E-state index contributed by atoms with van der Waals surface area (Å²) in [5.41, 5.74) is 6.81. The van der Waals surface area contributed by atoms with E-state index in [1.165, 1.54) is 6.20 Å². The van der Waals surface area contributed by atoms with Gasteiger partial charge in [0, 0.05) is 21.9 Å². The summed E-state index contributed by atoms with van der Waals surface area (Å²) < 4.78 is 1.03. The Morgan fingerprint density at radius 1 is 1.05 bits per heavy atom. The highest BCUT2D eigenvalue weighted by Gasteiger charge is 2.07. The van der Waals surface area contributed by atoms with Crippen LogP contribution in [0.3, 0.4) is 0 Å². The minimum atomic E-state index is -0.208. The van der Waals surface area contributed by atoms with Crippen LogP contribution in [0, 0.1) is 0 Å². The van der Waals surface area contributed by atoms with Gasteiger partial charge in [0.25, 0.3) is 5.91 Å². The number of fused-ring (bicyclic) bond motifs is 1. The monoisotopic (exact) mass is 341 g/mol. The van der Waals surface area contributed by atoms with Crippen molar-refractivity contribution in [2.24, 2.45) is 0 Å². The molecule has 3 rings (SSSR count). The predicted molar refractivity (Wildman–Crippen MR) is 88.3 cm³/mol. The number of nitrogens with one attached hydrogen (secondary N) is 1. The van der Waals surface area contributed by atoms with Gasteiger partial charge in [0.15, 0.2) is 0 Å². The van der Waals surface area contributed by atoms with Gasteiger partial charge in [-0.3, -0.25) is 4.79 Å². The number of amides is 1. The molecule has 1 heterocycles. The van der Waals surface area contributed by atoms with Gasteiger partial charge in [0.1, 0.15) is 5.82 Å². The lowest BCUT2D eigenvalue weighted by molar-refractivity contribution is 0.102. The number of benzene rings is 2. The number of nitrogens with zero attached hydrogens (tertiary/aromatic N) is 1. The number of nitrogen functional groups attached to an aromatic ring is 1. The fourth-order valence-electron chi connectivity index (χ4n) is 2.09. The standard InChI is InChI=1S/C16H12BrN3O/c17-13-3-1-11-8-14(4-2-10(11)7-13)20-16(21)12-5-6-19-15(18)9-12/h1-9H,(H2,18,19)(H,20,21). The molecule has 0 unspecified atom stereocenters. The Balaban J connectivity index is 1.87.